The third-order valence-electron chi connectivity index (χ3n) is 6.70. The standard InChI is InChI=1S/C31H20N4O.Pt/c1-3-13-28-26(11-1)27-12-2-4-14-29(27)31(28,30-15-5-6-17-32-30)23-9-7-10-24(21-23)36-25-16-20-34(22-25)35-19-8-18-33-35;/h1-20H;/q-2;+2. The summed E-state index contributed by atoms with van der Waals surface area (Å²) in [6.45, 7) is 0. The molecule has 6 heteroatoms. The van der Waals surface area contributed by atoms with Gasteiger partial charge in [-0.3, -0.25) is 4.98 Å². The molecule has 1 aliphatic carbocycles. The first-order valence-electron chi connectivity index (χ1n) is 11.8. The molecule has 37 heavy (non-hydrogen) atoms. The van der Waals surface area contributed by atoms with Gasteiger partial charge < -0.3 is 9.41 Å². The average molecular weight is 660 g/mol. The summed E-state index contributed by atoms with van der Waals surface area (Å²) in [7, 11) is 0. The van der Waals surface area contributed by atoms with Crippen molar-refractivity contribution < 1.29 is 25.8 Å². The minimum Gasteiger partial charge on any atom is -0.509 e. The molecule has 0 bridgehead atoms. The fourth-order valence-electron chi connectivity index (χ4n) is 5.26. The summed E-state index contributed by atoms with van der Waals surface area (Å²) in [6.07, 6.45) is 10.5. The molecule has 0 saturated carbocycles. The average Bonchev–Trinajstić information content (AvgIpc) is 3.68. The van der Waals surface area contributed by atoms with Crippen LogP contribution >= 0.6 is 0 Å². The predicted molar refractivity (Wildman–Crippen MR) is 137 cm³/mol. The Labute approximate surface area is 229 Å². The van der Waals surface area contributed by atoms with Gasteiger partial charge in [0.1, 0.15) is 0 Å². The van der Waals surface area contributed by atoms with Gasteiger partial charge in [0, 0.05) is 23.9 Å². The summed E-state index contributed by atoms with van der Waals surface area (Å²) in [5.74, 6) is 1.19. The van der Waals surface area contributed by atoms with E-state index in [0.717, 1.165) is 11.3 Å². The van der Waals surface area contributed by atoms with Crippen LogP contribution in [0.3, 0.4) is 0 Å². The Morgan fingerprint density at radius 1 is 0.676 bits per heavy atom. The van der Waals surface area contributed by atoms with Crippen molar-refractivity contribution >= 4 is 0 Å². The molecule has 0 radical (unpaired) electrons. The molecule has 0 fully saturated rings. The molecule has 0 amide bonds. The van der Waals surface area contributed by atoms with Gasteiger partial charge in [0.25, 0.3) is 0 Å². The summed E-state index contributed by atoms with van der Waals surface area (Å²) in [5, 5.41) is 4.24. The predicted octanol–water partition coefficient (Wildman–Crippen LogP) is 6.14. The van der Waals surface area contributed by atoms with E-state index in [2.05, 4.69) is 78.0 Å². The van der Waals surface area contributed by atoms with Gasteiger partial charge in [0.05, 0.1) is 17.3 Å². The van der Waals surface area contributed by atoms with Crippen molar-refractivity contribution in [2.75, 3.05) is 0 Å². The Kier molecular flexibility index (Phi) is 5.86. The molecule has 1 aliphatic rings. The fraction of sp³-hybridized carbons (Fsp3) is 0.0323. The number of pyridine rings is 1. The smallest absolute Gasteiger partial charge is 0.509 e. The van der Waals surface area contributed by atoms with E-state index in [4.69, 9.17) is 9.72 Å². The van der Waals surface area contributed by atoms with Gasteiger partial charge >= 0.3 is 21.1 Å². The molecule has 3 aromatic carbocycles. The number of ether oxygens (including phenoxy) is 1. The normalized spacial score (nSPS) is 12.9. The zero-order chi connectivity index (χ0) is 24.0. The minimum absolute atomic E-state index is 0. The van der Waals surface area contributed by atoms with E-state index in [-0.39, 0.29) is 21.1 Å². The number of hydrogen-bond acceptors (Lipinski definition) is 3. The third-order valence-corrected chi connectivity index (χ3v) is 6.70. The van der Waals surface area contributed by atoms with Crippen LogP contribution in [0, 0.1) is 12.3 Å². The first-order chi connectivity index (χ1) is 17.8. The maximum Gasteiger partial charge on any atom is 2.00 e. The maximum absolute atomic E-state index is 6.22. The number of rotatable bonds is 5. The second kappa shape index (κ2) is 9.34. The molecule has 3 heterocycles. The molecule has 0 N–H and O–H groups in total. The molecule has 0 unspecified atom stereocenters. The molecular weight excluding hydrogens is 639 g/mol. The topological polar surface area (TPSA) is 44.9 Å². The second-order valence-electron chi connectivity index (χ2n) is 8.65. The van der Waals surface area contributed by atoms with Gasteiger partial charge in [-0.15, -0.1) is 23.9 Å². The van der Waals surface area contributed by atoms with Crippen LogP contribution in [0.2, 0.25) is 0 Å². The fourth-order valence-corrected chi connectivity index (χ4v) is 5.26. The van der Waals surface area contributed by atoms with Crippen molar-refractivity contribution in [2.45, 2.75) is 5.41 Å². The first kappa shape index (κ1) is 23.2. The Morgan fingerprint density at radius 2 is 1.43 bits per heavy atom. The van der Waals surface area contributed by atoms with Crippen molar-refractivity contribution in [1.82, 2.24) is 19.5 Å². The molecule has 0 atom stereocenters. The van der Waals surface area contributed by atoms with Gasteiger partial charge in [-0.25, -0.2) is 0 Å². The Hall–Kier alpha value is -4.21. The number of fused-ring (bicyclic) bond motifs is 3. The van der Waals surface area contributed by atoms with Crippen molar-refractivity contribution in [3.8, 4) is 22.6 Å². The molecule has 5 nitrogen and oxygen atoms in total. The molecular formula is C31H20N4OPt. The van der Waals surface area contributed by atoms with E-state index in [1.54, 1.807) is 15.7 Å². The number of benzene rings is 3. The maximum atomic E-state index is 6.22. The summed E-state index contributed by atoms with van der Waals surface area (Å²) < 4.78 is 7.95. The van der Waals surface area contributed by atoms with Crippen molar-refractivity contribution in [3.63, 3.8) is 0 Å². The van der Waals surface area contributed by atoms with E-state index in [9.17, 15) is 0 Å². The van der Waals surface area contributed by atoms with Crippen LogP contribution in [-0.2, 0) is 26.5 Å². The van der Waals surface area contributed by atoms with E-state index in [0.29, 0.717) is 11.5 Å². The minimum atomic E-state index is -0.613. The van der Waals surface area contributed by atoms with Gasteiger partial charge in [-0.2, -0.15) is 28.1 Å². The second-order valence-corrected chi connectivity index (χ2v) is 8.65. The van der Waals surface area contributed by atoms with Crippen LogP contribution in [0.15, 0.2) is 122 Å². The van der Waals surface area contributed by atoms with Crippen LogP contribution in [0.1, 0.15) is 22.4 Å². The zero-order valence-corrected chi connectivity index (χ0v) is 21.8. The molecule has 180 valence electrons. The molecule has 7 rings (SSSR count). The van der Waals surface area contributed by atoms with Crippen molar-refractivity contribution in [3.05, 3.63) is 156 Å². The Morgan fingerprint density at radius 3 is 2.14 bits per heavy atom. The van der Waals surface area contributed by atoms with Gasteiger partial charge in [0.15, 0.2) is 0 Å². The number of aromatic nitrogens is 4. The van der Waals surface area contributed by atoms with Gasteiger partial charge in [0.2, 0.25) is 0 Å². The van der Waals surface area contributed by atoms with E-state index in [1.165, 1.54) is 22.3 Å². The van der Waals surface area contributed by atoms with Crippen LogP contribution in [-0.4, -0.2) is 19.5 Å². The summed E-state index contributed by atoms with van der Waals surface area (Å²) in [6, 6.07) is 36.6. The molecule has 3 aromatic heterocycles. The first-order valence-corrected chi connectivity index (χ1v) is 11.8. The summed E-state index contributed by atoms with van der Waals surface area (Å²) >= 11 is 0. The Balaban J connectivity index is 0.00000252. The SMILES string of the molecule is [Pt+2].[c-]1c(Oc2[c-]n(-n3cccn3)cc2)cccc1C1(c2ccccn2)c2ccccc2-c2ccccc21. The molecule has 0 spiro atoms. The third kappa shape index (κ3) is 3.66. The number of nitrogens with zero attached hydrogens (tertiary/aromatic N) is 4. The van der Waals surface area contributed by atoms with E-state index in [1.807, 2.05) is 55.0 Å². The Bertz CT molecular complexity index is 1630. The zero-order valence-electron chi connectivity index (χ0n) is 19.6. The van der Waals surface area contributed by atoms with Crippen LogP contribution in [0.4, 0.5) is 0 Å². The van der Waals surface area contributed by atoms with E-state index >= 15 is 0 Å². The number of hydrogen-bond donors (Lipinski definition) is 0. The molecule has 0 saturated heterocycles. The van der Waals surface area contributed by atoms with Crippen molar-refractivity contribution in [1.29, 1.82) is 0 Å². The van der Waals surface area contributed by atoms with Gasteiger partial charge in [-0.05, 0) is 46.6 Å². The van der Waals surface area contributed by atoms with Crippen LogP contribution in [0.5, 0.6) is 11.5 Å². The van der Waals surface area contributed by atoms with Gasteiger partial charge in [-0.1, -0.05) is 54.6 Å². The van der Waals surface area contributed by atoms with E-state index < -0.39 is 5.41 Å². The monoisotopic (exact) mass is 659 g/mol. The summed E-state index contributed by atoms with van der Waals surface area (Å²) in [4.78, 5) is 6.55. The summed E-state index contributed by atoms with van der Waals surface area (Å²) in [5.41, 5.74) is 6.11. The van der Waals surface area contributed by atoms with Crippen molar-refractivity contribution in [2.24, 2.45) is 0 Å². The van der Waals surface area contributed by atoms with Crippen LogP contribution < -0.4 is 4.74 Å². The quantitative estimate of drug-likeness (QED) is 0.209. The largest absolute Gasteiger partial charge is 2.00 e. The molecule has 6 aromatic rings. The molecule has 0 aliphatic heterocycles. The van der Waals surface area contributed by atoms with Crippen LogP contribution in [0.25, 0.3) is 11.1 Å².